The molecule has 2 rings (SSSR count). The topological polar surface area (TPSA) is 58.6 Å². The molecular formula is C19H22FNO3. The minimum Gasteiger partial charge on any atom is -0.484 e. The lowest BCUT2D eigenvalue weighted by Crippen LogP contribution is -2.33. The average Bonchev–Trinajstić information content (AvgIpc) is 2.58. The molecule has 1 amide bonds. The maximum absolute atomic E-state index is 12.8. The number of benzene rings is 2. The van der Waals surface area contributed by atoms with Gasteiger partial charge in [0, 0.05) is 12.5 Å². The highest BCUT2D eigenvalue weighted by molar-refractivity contribution is 5.77. The molecule has 2 aromatic rings. The van der Waals surface area contributed by atoms with Gasteiger partial charge in [0.05, 0.1) is 6.10 Å². The van der Waals surface area contributed by atoms with Gasteiger partial charge < -0.3 is 15.2 Å². The fraction of sp³-hybridized carbons (Fsp3) is 0.316. The van der Waals surface area contributed by atoms with E-state index in [1.807, 2.05) is 30.3 Å². The SMILES string of the molecule is CC(O)CC(CNC(=O)COc1ccc(F)cc1)c1ccccc1. The molecule has 0 bridgehead atoms. The molecule has 0 aliphatic rings. The largest absolute Gasteiger partial charge is 0.484 e. The van der Waals surface area contributed by atoms with Crippen molar-refractivity contribution < 1.29 is 19.0 Å². The van der Waals surface area contributed by atoms with E-state index in [-0.39, 0.29) is 24.2 Å². The Bertz CT molecular complexity index is 629. The number of carbonyl (C=O) groups excluding carboxylic acids is 1. The molecule has 0 aliphatic carbocycles. The number of halogens is 1. The first kappa shape index (κ1) is 17.9. The fourth-order valence-corrected chi connectivity index (χ4v) is 2.44. The van der Waals surface area contributed by atoms with Crippen LogP contribution in [0.2, 0.25) is 0 Å². The minimum absolute atomic E-state index is 0.0287. The molecule has 0 aromatic heterocycles. The summed E-state index contributed by atoms with van der Waals surface area (Å²) in [7, 11) is 0. The van der Waals surface area contributed by atoms with Crippen LogP contribution in [0.4, 0.5) is 4.39 Å². The van der Waals surface area contributed by atoms with Crippen molar-refractivity contribution in [3.63, 3.8) is 0 Å². The molecule has 2 aromatic carbocycles. The number of rotatable bonds is 8. The predicted molar refractivity (Wildman–Crippen MR) is 90.4 cm³/mol. The Labute approximate surface area is 141 Å². The van der Waals surface area contributed by atoms with E-state index in [1.165, 1.54) is 24.3 Å². The molecule has 0 aliphatic heterocycles. The Balaban J connectivity index is 1.84. The molecule has 2 unspecified atom stereocenters. The summed E-state index contributed by atoms with van der Waals surface area (Å²) in [6.45, 7) is 2.01. The number of nitrogens with one attached hydrogen (secondary N) is 1. The highest BCUT2D eigenvalue weighted by Crippen LogP contribution is 2.20. The van der Waals surface area contributed by atoms with Gasteiger partial charge in [-0.2, -0.15) is 0 Å². The van der Waals surface area contributed by atoms with E-state index in [9.17, 15) is 14.3 Å². The molecule has 0 saturated carbocycles. The summed E-state index contributed by atoms with van der Waals surface area (Å²) in [6, 6.07) is 15.3. The van der Waals surface area contributed by atoms with Gasteiger partial charge in [-0.25, -0.2) is 4.39 Å². The average molecular weight is 331 g/mol. The Hall–Kier alpha value is -2.40. The van der Waals surface area contributed by atoms with Gasteiger partial charge in [0.2, 0.25) is 0 Å². The molecule has 0 fully saturated rings. The third-order valence-corrected chi connectivity index (χ3v) is 3.63. The van der Waals surface area contributed by atoms with Gasteiger partial charge in [0.1, 0.15) is 11.6 Å². The molecule has 0 heterocycles. The molecule has 128 valence electrons. The Morgan fingerprint density at radius 1 is 1.17 bits per heavy atom. The summed E-state index contributed by atoms with van der Waals surface area (Å²) in [4.78, 5) is 11.9. The standard InChI is InChI=1S/C19H22FNO3/c1-14(22)11-16(15-5-3-2-4-6-15)12-21-19(23)13-24-18-9-7-17(20)8-10-18/h2-10,14,16,22H,11-13H2,1H3,(H,21,23). The summed E-state index contributed by atoms with van der Waals surface area (Å²) in [5.74, 6) is -0.141. The molecule has 2 N–H and O–H groups in total. The second-order valence-electron chi connectivity index (χ2n) is 5.74. The van der Waals surface area contributed by atoms with E-state index in [4.69, 9.17) is 4.74 Å². The van der Waals surface area contributed by atoms with Gasteiger partial charge in [0.15, 0.2) is 6.61 Å². The Morgan fingerprint density at radius 3 is 2.46 bits per heavy atom. The first-order valence-electron chi connectivity index (χ1n) is 7.92. The van der Waals surface area contributed by atoms with Crippen LogP contribution in [0.15, 0.2) is 54.6 Å². The van der Waals surface area contributed by atoms with Gasteiger partial charge in [0.25, 0.3) is 5.91 Å². The first-order chi connectivity index (χ1) is 11.5. The lowest BCUT2D eigenvalue weighted by molar-refractivity contribution is -0.123. The molecule has 2 atom stereocenters. The van der Waals surface area contributed by atoms with Gasteiger partial charge in [-0.3, -0.25) is 4.79 Å². The Kier molecular flexibility index (Phi) is 6.75. The molecule has 0 saturated heterocycles. The number of amides is 1. The highest BCUT2D eigenvalue weighted by atomic mass is 19.1. The van der Waals surface area contributed by atoms with Crippen LogP contribution in [-0.4, -0.2) is 30.3 Å². The second kappa shape index (κ2) is 9.03. The number of hydrogen-bond donors (Lipinski definition) is 2. The molecular weight excluding hydrogens is 309 g/mol. The van der Waals surface area contributed by atoms with Crippen LogP contribution in [-0.2, 0) is 4.79 Å². The van der Waals surface area contributed by atoms with E-state index in [1.54, 1.807) is 6.92 Å². The third kappa shape index (κ3) is 6.01. The van der Waals surface area contributed by atoms with Gasteiger partial charge >= 0.3 is 0 Å². The number of hydrogen-bond acceptors (Lipinski definition) is 3. The van der Waals surface area contributed by atoms with Gasteiger partial charge in [-0.05, 0) is 43.2 Å². The van der Waals surface area contributed by atoms with E-state index in [0.29, 0.717) is 18.7 Å². The predicted octanol–water partition coefficient (Wildman–Crippen LogP) is 2.88. The van der Waals surface area contributed by atoms with Crippen molar-refractivity contribution in [2.45, 2.75) is 25.4 Å². The van der Waals surface area contributed by atoms with Crippen LogP contribution in [0.3, 0.4) is 0 Å². The molecule has 5 heteroatoms. The van der Waals surface area contributed by atoms with Crippen LogP contribution in [0.25, 0.3) is 0 Å². The number of aliphatic hydroxyl groups is 1. The van der Waals surface area contributed by atoms with Crippen molar-refractivity contribution in [2.24, 2.45) is 0 Å². The quantitative estimate of drug-likeness (QED) is 0.782. The van der Waals surface area contributed by atoms with Crippen LogP contribution in [0, 0.1) is 5.82 Å². The van der Waals surface area contributed by atoms with E-state index < -0.39 is 6.10 Å². The van der Waals surface area contributed by atoms with Gasteiger partial charge in [-0.15, -0.1) is 0 Å². The number of carbonyl (C=O) groups is 1. The van der Waals surface area contributed by atoms with Crippen LogP contribution in [0.1, 0.15) is 24.8 Å². The highest BCUT2D eigenvalue weighted by Gasteiger charge is 2.15. The zero-order valence-electron chi connectivity index (χ0n) is 13.6. The van der Waals surface area contributed by atoms with Crippen molar-refractivity contribution in [1.82, 2.24) is 5.32 Å². The third-order valence-electron chi connectivity index (χ3n) is 3.63. The van der Waals surface area contributed by atoms with Crippen LogP contribution >= 0.6 is 0 Å². The van der Waals surface area contributed by atoms with Gasteiger partial charge in [-0.1, -0.05) is 30.3 Å². The summed E-state index contributed by atoms with van der Waals surface area (Å²) >= 11 is 0. The number of aliphatic hydroxyl groups excluding tert-OH is 1. The lowest BCUT2D eigenvalue weighted by atomic mass is 9.93. The van der Waals surface area contributed by atoms with Crippen LogP contribution in [0.5, 0.6) is 5.75 Å². The minimum atomic E-state index is -0.456. The van der Waals surface area contributed by atoms with Crippen molar-refractivity contribution in [1.29, 1.82) is 0 Å². The molecule has 0 spiro atoms. The van der Waals surface area contributed by atoms with Crippen molar-refractivity contribution >= 4 is 5.91 Å². The second-order valence-corrected chi connectivity index (χ2v) is 5.74. The number of ether oxygens (including phenoxy) is 1. The van der Waals surface area contributed by atoms with E-state index >= 15 is 0 Å². The lowest BCUT2D eigenvalue weighted by Gasteiger charge is -2.19. The maximum atomic E-state index is 12.8. The normalized spacial score (nSPS) is 13.1. The van der Waals surface area contributed by atoms with Crippen molar-refractivity contribution in [3.05, 3.63) is 66.0 Å². The molecule has 24 heavy (non-hydrogen) atoms. The monoisotopic (exact) mass is 331 g/mol. The first-order valence-corrected chi connectivity index (χ1v) is 7.92. The fourth-order valence-electron chi connectivity index (χ4n) is 2.44. The van der Waals surface area contributed by atoms with Crippen molar-refractivity contribution in [2.75, 3.05) is 13.2 Å². The summed E-state index contributed by atoms with van der Waals surface area (Å²) < 4.78 is 18.1. The Morgan fingerprint density at radius 2 is 1.83 bits per heavy atom. The molecule has 0 radical (unpaired) electrons. The summed E-state index contributed by atoms with van der Waals surface area (Å²) in [5, 5.41) is 12.5. The van der Waals surface area contributed by atoms with E-state index in [2.05, 4.69) is 5.32 Å². The zero-order valence-corrected chi connectivity index (χ0v) is 13.6. The van der Waals surface area contributed by atoms with E-state index in [0.717, 1.165) is 5.56 Å². The smallest absolute Gasteiger partial charge is 0.257 e. The zero-order chi connectivity index (χ0) is 17.4. The molecule has 4 nitrogen and oxygen atoms in total. The van der Waals surface area contributed by atoms with Crippen LogP contribution < -0.4 is 10.1 Å². The maximum Gasteiger partial charge on any atom is 0.257 e. The van der Waals surface area contributed by atoms with Crippen molar-refractivity contribution in [3.8, 4) is 5.75 Å². The summed E-state index contributed by atoms with van der Waals surface area (Å²) in [5.41, 5.74) is 1.07. The summed E-state index contributed by atoms with van der Waals surface area (Å²) in [6.07, 6.45) is 0.103.